The van der Waals surface area contributed by atoms with Crippen molar-refractivity contribution in [3.63, 3.8) is 0 Å². The lowest BCUT2D eigenvalue weighted by atomic mass is 10.0. The molecule has 1 saturated carbocycles. The number of halogens is 3. The second-order valence-corrected chi connectivity index (χ2v) is 7.06. The maximum absolute atomic E-state index is 14.1. The lowest BCUT2D eigenvalue weighted by molar-refractivity contribution is -0.0555. The Balaban J connectivity index is 1.82. The number of benzene rings is 1. The van der Waals surface area contributed by atoms with Crippen LogP contribution in [0.3, 0.4) is 0 Å². The number of imidazole rings is 1. The zero-order valence-corrected chi connectivity index (χ0v) is 16.0. The van der Waals surface area contributed by atoms with Gasteiger partial charge in [0.15, 0.2) is 17.2 Å². The molecule has 152 valence electrons. The lowest BCUT2D eigenvalue weighted by Gasteiger charge is -2.18. The first-order chi connectivity index (χ1) is 14.4. The number of hydrogen-bond acceptors (Lipinski definition) is 8. The van der Waals surface area contributed by atoms with Gasteiger partial charge in [-0.25, -0.2) is 4.98 Å². The van der Waals surface area contributed by atoms with Crippen molar-refractivity contribution in [2.75, 3.05) is 17.2 Å². The predicted molar refractivity (Wildman–Crippen MR) is 103 cm³/mol. The molecule has 0 atom stereocenters. The zero-order chi connectivity index (χ0) is 21.5. The molecule has 3 aromatic rings. The van der Waals surface area contributed by atoms with Crippen molar-refractivity contribution in [1.29, 1.82) is 10.5 Å². The van der Waals surface area contributed by atoms with Crippen LogP contribution in [0.4, 0.5) is 26.2 Å². The van der Waals surface area contributed by atoms with Gasteiger partial charge in [0.05, 0.1) is 28.5 Å². The average Bonchev–Trinajstić information content (AvgIpc) is 3.45. The van der Waals surface area contributed by atoms with E-state index >= 15 is 0 Å². The molecule has 1 fully saturated rings. The first-order valence-electron chi connectivity index (χ1n) is 8.78. The highest BCUT2D eigenvalue weighted by Crippen LogP contribution is 2.39. The molecule has 0 radical (unpaired) electrons. The molecule has 9 nitrogen and oxygen atoms in total. The summed E-state index contributed by atoms with van der Waals surface area (Å²) < 4.78 is 29.5. The summed E-state index contributed by atoms with van der Waals surface area (Å²) >= 11 is 6.14. The smallest absolute Gasteiger partial charge is 0.297 e. The van der Waals surface area contributed by atoms with E-state index in [1.54, 1.807) is 6.07 Å². The van der Waals surface area contributed by atoms with Gasteiger partial charge in [0.1, 0.15) is 12.7 Å². The van der Waals surface area contributed by atoms with Gasteiger partial charge in [0, 0.05) is 11.6 Å². The Morgan fingerprint density at radius 3 is 2.70 bits per heavy atom. The minimum atomic E-state index is -3.65. The number of fused-ring (bicyclic) bond motifs is 1. The highest BCUT2D eigenvalue weighted by Gasteiger charge is 2.34. The molecular formula is C18H13ClF2N8O. The molecule has 1 aliphatic carbocycles. The van der Waals surface area contributed by atoms with Gasteiger partial charge in [-0.05, 0) is 25.0 Å². The summed E-state index contributed by atoms with van der Waals surface area (Å²) in [5.41, 5.74) is -0.352. The summed E-state index contributed by atoms with van der Waals surface area (Å²) in [6, 6.07) is 6.14. The lowest BCUT2D eigenvalue weighted by Crippen LogP contribution is -2.20. The molecule has 1 aliphatic rings. The summed E-state index contributed by atoms with van der Waals surface area (Å²) in [7, 11) is 0. The van der Waals surface area contributed by atoms with Crippen LogP contribution in [0.25, 0.3) is 5.65 Å². The van der Waals surface area contributed by atoms with Crippen molar-refractivity contribution in [3.05, 3.63) is 40.2 Å². The fourth-order valence-corrected chi connectivity index (χ4v) is 3.07. The molecule has 0 saturated heterocycles. The van der Waals surface area contributed by atoms with Crippen molar-refractivity contribution in [2.45, 2.75) is 24.8 Å². The Morgan fingerprint density at radius 1 is 1.30 bits per heavy atom. The van der Waals surface area contributed by atoms with E-state index in [0.29, 0.717) is 11.5 Å². The van der Waals surface area contributed by atoms with Gasteiger partial charge < -0.3 is 15.7 Å². The van der Waals surface area contributed by atoms with Crippen molar-refractivity contribution in [3.8, 4) is 12.1 Å². The summed E-state index contributed by atoms with van der Waals surface area (Å²) in [5.74, 6) is -3.33. The molecule has 4 rings (SSSR count). The molecule has 0 aliphatic heterocycles. The summed E-state index contributed by atoms with van der Waals surface area (Å²) in [5, 5.41) is 37.2. The third kappa shape index (κ3) is 3.56. The predicted octanol–water partition coefficient (Wildman–Crippen LogP) is 2.92. The van der Waals surface area contributed by atoms with Gasteiger partial charge in [-0.15, -0.1) is 5.10 Å². The summed E-state index contributed by atoms with van der Waals surface area (Å²) in [4.78, 5) is 8.48. The number of rotatable bonds is 6. The first-order valence-corrected chi connectivity index (χ1v) is 9.16. The SMILES string of the molecule is N#Cc1cc(Nc2nc(NC3CC3)c3ncc(C#N)n3n2)c(Cl)c(C(F)(F)CO)c1. The second-order valence-electron chi connectivity index (χ2n) is 6.68. The molecule has 2 heterocycles. The highest BCUT2D eigenvalue weighted by molar-refractivity contribution is 6.34. The Labute approximate surface area is 173 Å². The van der Waals surface area contributed by atoms with Gasteiger partial charge in [-0.2, -0.15) is 28.8 Å². The third-order valence-corrected chi connectivity index (χ3v) is 4.84. The zero-order valence-electron chi connectivity index (χ0n) is 15.2. The van der Waals surface area contributed by atoms with E-state index in [1.807, 2.05) is 6.07 Å². The van der Waals surface area contributed by atoms with Gasteiger partial charge in [0.2, 0.25) is 5.95 Å². The molecule has 0 spiro atoms. The molecule has 2 aromatic heterocycles. The topological polar surface area (TPSA) is 135 Å². The van der Waals surface area contributed by atoms with Crippen LogP contribution in [0.1, 0.15) is 29.7 Å². The van der Waals surface area contributed by atoms with Crippen LogP contribution < -0.4 is 10.6 Å². The molecule has 1 aromatic carbocycles. The average molecular weight is 431 g/mol. The van der Waals surface area contributed by atoms with E-state index in [1.165, 1.54) is 16.8 Å². The van der Waals surface area contributed by atoms with E-state index < -0.39 is 18.1 Å². The number of aliphatic hydroxyl groups is 1. The van der Waals surface area contributed by atoms with E-state index in [2.05, 4.69) is 25.7 Å². The van der Waals surface area contributed by atoms with Crippen molar-refractivity contribution in [2.24, 2.45) is 0 Å². The third-order valence-electron chi connectivity index (χ3n) is 4.44. The van der Waals surface area contributed by atoms with E-state index in [0.717, 1.165) is 18.9 Å². The Morgan fingerprint density at radius 2 is 2.07 bits per heavy atom. The highest BCUT2D eigenvalue weighted by atomic mass is 35.5. The minimum absolute atomic E-state index is 0.0459. The standard InChI is InChI=1S/C18H13ClF2N8O/c19-14-12(18(20,21)8-30)3-9(5-22)4-13(14)26-17-27-15(25-10-1-2-10)16-24-7-11(6-23)29(16)28-17/h3-4,7,10,30H,1-2,8H2,(H2,25,26,27,28). The van der Waals surface area contributed by atoms with Crippen LogP contribution in [0.2, 0.25) is 5.02 Å². The fraction of sp³-hybridized carbons (Fsp3) is 0.278. The normalized spacial score (nSPS) is 13.7. The van der Waals surface area contributed by atoms with E-state index in [-0.39, 0.29) is 34.0 Å². The first kappa shape index (κ1) is 19.8. The second kappa shape index (κ2) is 7.37. The van der Waals surface area contributed by atoms with Crippen molar-refractivity contribution in [1.82, 2.24) is 19.6 Å². The van der Waals surface area contributed by atoms with Crippen LogP contribution in [0, 0.1) is 22.7 Å². The Bertz CT molecular complexity index is 1230. The van der Waals surface area contributed by atoms with Crippen molar-refractivity contribution < 1.29 is 13.9 Å². The number of anilines is 3. The Hall–Kier alpha value is -3.54. The molecular weight excluding hydrogens is 418 g/mol. The van der Waals surface area contributed by atoms with Gasteiger partial charge in [-0.3, -0.25) is 0 Å². The van der Waals surface area contributed by atoms with Gasteiger partial charge in [-0.1, -0.05) is 11.6 Å². The number of aromatic nitrogens is 4. The quantitative estimate of drug-likeness (QED) is 0.543. The van der Waals surface area contributed by atoms with Crippen molar-refractivity contribution >= 4 is 34.7 Å². The number of aliphatic hydroxyl groups excluding tert-OH is 1. The molecule has 0 amide bonds. The maximum Gasteiger partial charge on any atom is 0.297 e. The molecule has 0 bridgehead atoms. The number of nitrogens with one attached hydrogen (secondary N) is 2. The number of hydrogen-bond donors (Lipinski definition) is 3. The molecule has 12 heteroatoms. The fourth-order valence-electron chi connectivity index (χ4n) is 2.78. The van der Waals surface area contributed by atoms with Crippen LogP contribution in [-0.4, -0.2) is 37.3 Å². The molecule has 30 heavy (non-hydrogen) atoms. The minimum Gasteiger partial charge on any atom is -0.390 e. The van der Waals surface area contributed by atoms with Crippen LogP contribution in [-0.2, 0) is 5.92 Å². The number of alkyl halides is 2. The van der Waals surface area contributed by atoms with E-state index in [9.17, 15) is 19.3 Å². The van der Waals surface area contributed by atoms with Crippen LogP contribution in [0.15, 0.2) is 18.3 Å². The molecule has 3 N–H and O–H groups in total. The van der Waals surface area contributed by atoms with E-state index in [4.69, 9.17) is 16.7 Å². The van der Waals surface area contributed by atoms with Gasteiger partial charge >= 0.3 is 0 Å². The number of nitriles is 2. The largest absolute Gasteiger partial charge is 0.390 e. The van der Waals surface area contributed by atoms with Gasteiger partial charge in [0.25, 0.3) is 5.92 Å². The van der Waals surface area contributed by atoms with Crippen LogP contribution in [0.5, 0.6) is 0 Å². The monoisotopic (exact) mass is 430 g/mol. The summed E-state index contributed by atoms with van der Waals surface area (Å²) in [6.45, 7) is -1.47. The summed E-state index contributed by atoms with van der Waals surface area (Å²) in [6.07, 6.45) is 3.26. The molecule has 0 unspecified atom stereocenters. The van der Waals surface area contributed by atoms with Crippen LogP contribution >= 0.6 is 11.6 Å². The number of nitrogens with zero attached hydrogens (tertiary/aromatic N) is 6. The maximum atomic E-state index is 14.1. The Kier molecular flexibility index (Phi) is 4.86.